The van der Waals surface area contributed by atoms with E-state index in [4.69, 9.17) is 17.3 Å². The van der Waals surface area contributed by atoms with Crippen LogP contribution in [0.15, 0.2) is 64.3 Å². The van der Waals surface area contributed by atoms with Crippen molar-refractivity contribution in [1.82, 2.24) is 19.7 Å². The van der Waals surface area contributed by atoms with Crippen LogP contribution in [0.3, 0.4) is 0 Å². The third kappa shape index (κ3) is 4.65. The monoisotopic (exact) mass is 449 g/mol. The van der Waals surface area contributed by atoms with Gasteiger partial charge in [-0.05, 0) is 60.8 Å². The van der Waals surface area contributed by atoms with E-state index in [-0.39, 0.29) is 11.3 Å². The fraction of sp³-hybridized carbons (Fsp3) is 0.208. The van der Waals surface area contributed by atoms with Crippen LogP contribution in [0.4, 0.5) is 0 Å². The quantitative estimate of drug-likeness (QED) is 0.376. The van der Waals surface area contributed by atoms with E-state index in [1.165, 1.54) is 16.7 Å². The van der Waals surface area contributed by atoms with Gasteiger partial charge in [-0.25, -0.2) is 0 Å². The molecule has 2 aromatic carbocycles. The predicted molar refractivity (Wildman–Crippen MR) is 128 cm³/mol. The van der Waals surface area contributed by atoms with E-state index in [1.807, 2.05) is 43.3 Å². The van der Waals surface area contributed by atoms with Crippen LogP contribution in [0.25, 0.3) is 28.2 Å². The summed E-state index contributed by atoms with van der Waals surface area (Å²) in [6.07, 6.45) is 2.46. The molecule has 0 spiro atoms. The summed E-state index contributed by atoms with van der Waals surface area (Å²) in [5.74, 6) is 0.189. The Morgan fingerprint density at radius 3 is 2.56 bits per heavy atom. The third-order valence-electron chi connectivity index (χ3n) is 5.30. The lowest BCUT2D eigenvalue weighted by molar-refractivity contribution is 0.655. The number of aromatic nitrogens is 3. The van der Waals surface area contributed by atoms with Gasteiger partial charge in [-0.2, -0.15) is 4.98 Å². The van der Waals surface area contributed by atoms with E-state index in [0.29, 0.717) is 28.4 Å². The molecule has 0 saturated carbocycles. The third-order valence-corrected chi connectivity index (χ3v) is 5.72. The molecule has 0 aliphatic rings. The lowest BCUT2D eigenvalue weighted by Gasteiger charge is -2.09. The van der Waals surface area contributed by atoms with Crippen molar-refractivity contribution in [3.8, 4) is 22.4 Å². The second kappa shape index (κ2) is 9.48. The number of nitrogens with zero attached hydrogens (tertiary/aromatic N) is 2. The topological polar surface area (TPSA) is 105 Å². The van der Waals surface area contributed by atoms with Gasteiger partial charge < -0.3 is 16.0 Å². The fourth-order valence-electron chi connectivity index (χ4n) is 3.49. The smallest absolute Gasteiger partial charge is 0.282 e. The van der Waals surface area contributed by atoms with Crippen molar-refractivity contribution in [3.63, 3.8) is 0 Å². The molecule has 164 valence electrons. The second-order valence-corrected chi connectivity index (χ2v) is 8.06. The summed E-state index contributed by atoms with van der Waals surface area (Å²) in [6, 6.07) is 14.6. The zero-order valence-electron chi connectivity index (χ0n) is 17.7. The van der Waals surface area contributed by atoms with Gasteiger partial charge >= 0.3 is 0 Å². The Morgan fingerprint density at radius 2 is 1.84 bits per heavy atom. The molecule has 32 heavy (non-hydrogen) atoms. The van der Waals surface area contributed by atoms with Crippen LogP contribution in [0.2, 0.25) is 5.02 Å². The van der Waals surface area contributed by atoms with Gasteiger partial charge in [0.25, 0.3) is 11.1 Å². The van der Waals surface area contributed by atoms with Gasteiger partial charge in [-0.3, -0.25) is 14.0 Å². The van der Waals surface area contributed by atoms with Gasteiger partial charge in [-0.15, -0.1) is 0 Å². The molecular weight excluding hydrogens is 426 g/mol. The van der Waals surface area contributed by atoms with Crippen molar-refractivity contribution in [2.24, 2.45) is 5.73 Å². The first-order chi connectivity index (χ1) is 15.5. The van der Waals surface area contributed by atoms with Crippen LogP contribution < -0.4 is 22.2 Å². The number of aryl methyl sites for hydroxylation is 1. The maximum absolute atomic E-state index is 12.8. The van der Waals surface area contributed by atoms with E-state index >= 15 is 0 Å². The van der Waals surface area contributed by atoms with Crippen LogP contribution in [-0.2, 0) is 6.54 Å². The Hall–Kier alpha value is -3.26. The molecule has 2 heterocycles. The lowest BCUT2D eigenvalue weighted by atomic mass is 10.1. The van der Waals surface area contributed by atoms with E-state index in [2.05, 4.69) is 15.3 Å². The van der Waals surface area contributed by atoms with E-state index in [1.54, 1.807) is 6.07 Å². The number of rotatable bonds is 7. The minimum absolute atomic E-state index is 0.189. The number of nitrogens with two attached hydrogens (primary N) is 1. The molecular formula is C24H24ClN5O2. The van der Waals surface area contributed by atoms with Crippen molar-refractivity contribution in [3.05, 3.63) is 91.6 Å². The summed E-state index contributed by atoms with van der Waals surface area (Å²) in [5.41, 5.74) is 9.24. The Kier molecular flexibility index (Phi) is 6.50. The van der Waals surface area contributed by atoms with Crippen LogP contribution in [-0.4, -0.2) is 27.5 Å². The standard InChI is InChI=1S/C24H24ClN5O2/c1-15-11-18(7-8-20(15)25)21-12-22(31)30-14-19(23(32)29-24(30)28-21)17-5-3-16(4-6-17)13-27-10-2-9-26/h3-8,11-12,14,27H,2,9-10,13,26H2,1H3,(H,28,29,32). The molecule has 0 bridgehead atoms. The summed E-state index contributed by atoms with van der Waals surface area (Å²) >= 11 is 6.10. The van der Waals surface area contributed by atoms with Crippen molar-refractivity contribution < 1.29 is 0 Å². The number of benzene rings is 2. The largest absolute Gasteiger partial charge is 0.330 e. The molecule has 0 radical (unpaired) electrons. The van der Waals surface area contributed by atoms with Crippen molar-refractivity contribution in [2.75, 3.05) is 13.1 Å². The fourth-order valence-corrected chi connectivity index (χ4v) is 3.61. The molecule has 0 saturated heterocycles. The molecule has 0 fully saturated rings. The van der Waals surface area contributed by atoms with Gasteiger partial charge in [0.2, 0.25) is 5.78 Å². The SMILES string of the molecule is Cc1cc(-c2cc(=O)n3cc(-c4ccc(CNCCCN)cc4)c(=O)nc3[nH]2)ccc1Cl. The number of hydrogen-bond donors (Lipinski definition) is 3. The van der Waals surface area contributed by atoms with Crippen LogP contribution >= 0.6 is 11.6 Å². The normalized spacial score (nSPS) is 11.2. The first-order valence-corrected chi connectivity index (χ1v) is 10.8. The van der Waals surface area contributed by atoms with Crippen molar-refractivity contribution >= 4 is 17.4 Å². The Bertz CT molecular complexity index is 1380. The molecule has 4 rings (SSSR count). The number of aromatic amines is 1. The Labute approximate surface area is 189 Å². The van der Waals surface area contributed by atoms with Gasteiger partial charge in [0.1, 0.15) is 0 Å². The van der Waals surface area contributed by atoms with Gasteiger partial charge in [0.05, 0.1) is 11.3 Å². The van der Waals surface area contributed by atoms with Crippen LogP contribution in [0.5, 0.6) is 0 Å². The van der Waals surface area contributed by atoms with E-state index in [9.17, 15) is 9.59 Å². The molecule has 4 aromatic rings. The van der Waals surface area contributed by atoms with Gasteiger partial charge in [0, 0.05) is 23.8 Å². The molecule has 0 unspecified atom stereocenters. The predicted octanol–water partition coefficient (Wildman–Crippen LogP) is 3.12. The number of fused-ring (bicyclic) bond motifs is 1. The Balaban J connectivity index is 1.67. The minimum Gasteiger partial charge on any atom is -0.330 e. The van der Waals surface area contributed by atoms with Gasteiger partial charge in [-0.1, -0.05) is 41.9 Å². The molecule has 7 nitrogen and oxygen atoms in total. The molecule has 8 heteroatoms. The lowest BCUT2D eigenvalue weighted by Crippen LogP contribution is -2.21. The van der Waals surface area contributed by atoms with Gasteiger partial charge in [0.15, 0.2) is 0 Å². The average molecular weight is 450 g/mol. The molecule has 2 aromatic heterocycles. The second-order valence-electron chi connectivity index (χ2n) is 7.65. The summed E-state index contributed by atoms with van der Waals surface area (Å²) < 4.78 is 1.35. The molecule has 4 N–H and O–H groups in total. The highest BCUT2D eigenvalue weighted by Gasteiger charge is 2.11. The number of halogens is 1. The highest BCUT2D eigenvalue weighted by Crippen LogP contribution is 2.23. The molecule has 0 aliphatic carbocycles. The van der Waals surface area contributed by atoms with Crippen LogP contribution in [0, 0.1) is 6.92 Å². The Morgan fingerprint density at radius 1 is 1.09 bits per heavy atom. The maximum atomic E-state index is 12.8. The zero-order chi connectivity index (χ0) is 22.7. The number of nitrogens with one attached hydrogen (secondary N) is 2. The highest BCUT2D eigenvalue weighted by molar-refractivity contribution is 6.31. The highest BCUT2D eigenvalue weighted by atomic mass is 35.5. The summed E-state index contributed by atoms with van der Waals surface area (Å²) in [7, 11) is 0. The summed E-state index contributed by atoms with van der Waals surface area (Å²) in [4.78, 5) is 32.8. The average Bonchev–Trinajstić information content (AvgIpc) is 2.78. The maximum Gasteiger partial charge on any atom is 0.282 e. The molecule has 0 amide bonds. The number of H-pyrrole nitrogens is 1. The summed E-state index contributed by atoms with van der Waals surface area (Å²) in [5, 5.41) is 3.97. The first-order valence-electron chi connectivity index (χ1n) is 10.4. The molecule has 0 atom stereocenters. The van der Waals surface area contributed by atoms with E-state index < -0.39 is 5.56 Å². The summed E-state index contributed by atoms with van der Waals surface area (Å²) in [6.45, 7) is 4.13. The minimum atomic E-state index is -0.404. The van der Waals surface area contributed by atoms with Crippen molar-refractivity contribution in [2.45, 2.75) is 19.9 Å². The van der Waals surface area contributed by atoms with Crippen molar-refractivity contribution in [1.29, 1.82) is 0 Å². The zero-order valence-corrected chi connectivity index (χ0v) is 18.4. The number of hydrogen-bond acceptors (Lipinski definition) is 5. The van der Waals surface area contributed by atoms with E-state index in [0.717, 1.165) is 36.2 Å². The first kappa shape index (κ1) is 22.0. The van der Waals surface area contributed by atoms with Crippen LogP contribution in [0.1, 0.15) is 17.5 Å². The molecule has 0 aliphatic heterocycles.